The Morgan fingerprint density at radius 1 is 1.12 bits per heavy atom. The number of carbonyl (C=O) groups is 3. The van der Waals surface area contributed by atoms with Crippen molar-refractivity contribution in [3.05, 3.63) is 59.2 Å². The van der Waals surface area contributed by atoms with Crippen LogP contribution >= 0.6 is 0 Å². The molecular formula is C22H22F4N2O4. The molecule has 32 heavy (non-hydrogen) atoms. The first-order valence-corrected chi connectivity index (χ1v) is 10.2. The van der Waals surface area contributed by atoms with Gasteiger partial charge in [-0.3, -0.25) is 9.59 Å². The van der Waals surface area contributed by atoms with Crippen LogP contribution in [0.15, 0.2) is 36.5 Å². The van der Waals surface area contributed by atoms with E-state index in [1.54, 1.807) is 6.92 Å². The van der Waals surface area contributed by atoms with Crippen LogP contribution in [0.1, 0.15) is 58.6 Å². The fourth-order valence-corrected chi connectivity index (χ4v) is 3.80. The summed E-state index contributed by atoms with van der Waals surface area (Å²) in [5.41, 5.74) is 0.637. The van der Waals surface area contributed by atoms with Gasteiger partial charge in [-0.05, 0) is 31.7 Å². The number of rotatable bonds is 6. The molecule has 0 N–H and O–H groups in total. The number of esters is 1. The van der Waals surface area contributed by atoms with E-state index in [-0.39, 0.29) is 31.0 Å². The number of Topliss-reactive ketones (excluding diaryl/α,β-unsaturated/α-hetero) is 1. The number of halogens is 4. The Labute approximate surface area is 181 Å². The van der Waals surface area contributed by atoms with Crippen molar-refractivity contribution in [2.24, 2.45) is 0 Å². The van der Waals surface area contributed by atoms with E-state index in [1.807, 2.05) is 0 Å². The van der Waals surface area contributed by atoms with E-state index in [0.717, 1.165) is 21.7 Å². The Morgan fingerprint density at radius 2 is 1.81 bits per heavy atom. The minimum atomic E-state index is -4.95. The average Bonchev–Trinajstić information content (AvgIpc) is 3.13. The maximum Gasteiger partial charge on any atom is 0.471 e. The number of alkyl halides is 3. The summed E-state index contributed by atoms with van der Waals surface area (Å²) in [6.45, 7) is 1.39. The molecule has 0 spiro atoms. The molecule has 1 atom stereocenters. The van der Waals surface area contributed by atoms with Gasteiger partial charge in [0.25, 0.3) is 0 Å². The van der Waals surface area contributed by atoms with Gasteiger partial charge < -0.3 is 14.2 Å². The second kappa shape index (κ2) is 9.54. The fourth-order valence-electron chi connectivity index (χ4n) is 3.80. The monoisotopic (exact) mass is 454 g/mol. The molecule has 1 aliphatic rings. The first-order chi connectivity index (χ1) is 15.1. The molecule has 2 aromatic rings. The second-order valence-electron chi connectivity index (χ2n) is 7.45. The molecule has 1 amide bonds. The number of carbonyl (C=O) groups excluding carboxylic acids is 3. The Kier molecular flexibility index (Phi) is 7.00. The van der Waals surface area contributed by atoms with E-state index in [4.69, 9.17) is 4.74 Å². The van der Waals surface area contributed by atoms with E-state index in [0.29, 0.717) is 24.8 Å². The zero-order valence-electron chi connectivity index (χ0n) is 17.3. The molecule has 0 bridgehead atoms. The van der Waals surface area contributed by atoms with Crippen LogP contribution in [0.3, 0.4) is 0 Å². The highest BCUT2D eigenvalue weighted by Crippen LogP contribution is 2.34. The number of ether oxygens (including phenoxy) is 1. The van der Waals surface area contributed by atoms with Gasteiger partial charge in [0.1, 0.15) is 11.5 Å². The second-order valence-corrected chi connectivity index (χ2v) is 7.45. The number of likely N-dealkylation sites (tertiary alicyclic amines) is 1. The van der Waals surface area contributed by atoms with Crippen LogP contribution in [-0.4, -0.2) is 46.5 Å². The Hall–Kier alpha value is -3.17. The van der Waals surface area contributed by atoms with Gasteiger partial charge in [-0.1, -0.05) is 24.3 Å². The Balaban J connectivity index is 1.76. The molecular weight excluding hydrogens is 432 g/mol. The summed E-state index contributed by atoms with van der Waals surface area (Å²) in [5.74, 6) is -3.75. The molecule has 1 aromatic carbocycles. The Morgan fingerprint density at radius 3 is 2.44 bits per heavy atom. The molecule has 6 nitrogen and oxygen atoms in total. The average molecular weight is 454 g/mol. The van der Waals surface area contributed by atoms with Crippen LogP contribution in [0.5, 0.6) is 0 Å². The predicted molar refractivity (Wildman–Crippen MR) is 105 cm³/mol. The normalized spacial score (nSPS) is 16.7. The first-order valence-electron chi connectivity index (χ1n) is 10.2. The molecule has 2 heterocycles. The number of nitrogens with zero attached hydrogens (tertiary/aromatic N) is 2. The summed E-state index contributed by atoms with van der Waals surface area (Å²) in [5, 5.41) is 0. The molecule has 1 aromatic heterocycles. The quantitative estimate of drug-likeness (QED) is 0.371. The third-order valence-electron chi connectivity index (χ3n) is 5.29. The summed E-state index contributed by atoms with van der Waals surface area (Å²) >= 11 is 0. The molecule has 1 fully saturated rings. The van der Waals surface area contributed by atoms with Gasteiger partial charge in [0.2, 0.25) is 0 Å². The molecule has 1 saturated heterocycles. The van der Waals surface area contributed by atoms with Crippen molar-refractivity contribution >= 4 is 17.7 Å². The van der Waals surface area contributed by atoms with Crippen molar-refractivity contribution in [1.29, 1.82) is 0 Å². The number of aromatic nitrogens is 1. The molecule has 1 unspecified atom stereocenters. The smallest absolute Gasteiger partial charge is 0.461 e. The lowest BCUT2D eigenvalue weighted by molar-refractivity contribution is -0.189. The minimum Gasteiger partial charge on any atom is -0.461 e. The molecule has 0 radical (unpaired) electrons. The number of hydrogen-bond acceptors (Lipinski definition) is 4. The standard InChI is InChI=1S/C22H22F4N2O4/c1-2-32-20(30)18-11-16(23)12-27(18)13-19(29)15-8-6-14(7-9-15)17-5-3-4-10-28(17)21(31)22(24,25)26/h6-9,11-12,17H,2-5,10,13H2,1H3. The summed E-state index contributed by atoms with van der Waals surface area (Å²) in [7, 11) is 0. The van der Waals surface area contributed by atoms with Crippen LogP contribution in [0.25, 0.3) is 0 Å². The summed E-state index contributed by atoms with van der Waals surface area (Å²) in [6.07, 6.45) is -2.37. The SMILES string of the molecule is CCOC(=O)c1cc(F)cn1CC(=O)c1ccc(C2CCCCN2C(=O)C(F)(F)F)cc1. The lowest BCUT2D eigenvalue weighted by atomic mass is 9.94. The van der Waals surface area contributed by atoms with Crippen molar-refractivity contribution in [2.45, 2.75) is 44.9 Å². The van der Waals surface area contributed by atoms with E-state index in [2.05, 4.69) is 0 Å². The highest BCUT2D eigenvalue weighted by molar-refractivity contribution is 5.97. The maximum absolute atomic E-state index is 13.6. The van der Waals surface area contributed by atoms with Crippen LogP contribution in [0.2, 0.25) is 0 Å². The molecule has 1 aliphatic heterocycles. The summed E-state index contributed by atoms with van der Waals surface area (Å²) < 4.78 is 58.5. The van der Waals surface area contributed by atoms with Crippen molar-refractivity contribution in [1.82, 2.24) is 9.47 Å². The predicted octanol–water partition coefficient (Wildman–Crippen LogP) is 4.30. The fraction of sp³-hybridized carbons (Fsp3) is 0.409. The lowest BCUT2D eigenvalue weighted by Gasteiger charge is -2.36. The topological polar surface area (TPSA) is 68.6 Å². The van der Waals surface area contributed by atoms with Crippen molar-refractivity contribution in [3.8, 4) is 0 Å². The summed E-state index contributed by atoms with van der Waals surface area (Å²) in [4.78, 5) is 37.2. The van der Waals surface area contributed by atoms with Gasteiger partial charge in [-0.15, -0.1) is 0 Å². The van der Waals surface area contributed by atoms with Crippen LogP contribution in [0.4, 0.5) is 17.6 Å². The van der Waals surface area contributed by atoms with Gasteiger partial charge in [0, 0.05) is 24.4 Å². The highest BCUT2D eigenvalue weighted by Gasteiger charge is 2.45. The van der Waals surface area contributed by atoms with Gasteiger partial charge in [-0.2, -0.15) is 13.2 Å². The van der Waals surface area contributed by atoms with Gasteiger partial charge in [0.15, 0.2) is 5.78 Å². The molecule has 0 aliphatic carbocycles. The number of benzene rings is 1. The van der Waals surface area contributed by atoms with Crippen molar-refractivity contribution in [3.63, 3.8) is 0 Å². The van der Waals surface area contributed by atoms with Gasteiger partial charge in [0.05, 0.1) is 19.2 Å². The van der Waals surface area contributed by atoms with Crippen LogP contribution in [-0.2, 0) is 16.1 Å². The third kappa shape index (κ3) is 5.17. The zero-order valence-corrected chi connectivity index (χ0v) is 17.3. The number of amides is 1. The molecule has 3 rings (SSSR count). The van der Waals surface area contributed by atoms with Crippen molar-refractivity contribution < 1.29 is 36.7 Å². The Bertz CT molecular complexity index is 998. The first kappa shape index (κ1) is 23.5. The van der Waals surface area contributed by atoms with Gasteiger partial charge in [-0.25, -0.2) is 9.18 Å². The lowest BCUT2D eigenvalue weighted by Crippen LogP contribution is -2.45. The molecule has 0 saturated carbocycles. The number of piperidine rings is 1. The van der Waals surface area contributed by atoms with E-state index in [1.165, 1.54) is 24.3 Å². The van der Waals surface area contributed by atoms with Crippen LogP contribution in [0, 0.1) is 5.82 Å². The minimum absolute atomic E-state index is 0.0134. The van der Waals surface area contributed by atoms with E-state index >= 15 is 0 Å². The maximum atomic E-state index is 13.6. The largest absolute Gasteiger partial charge is 0.471 e. The van der Waals surface area contributed by atoms with Crippen molar-refractivity contribution in [2.75, 3.05) is 13.2 Å². The zero-order chi connectivity index (χ0) is 23.5. The van der Waals surface area contributed by atoms with Crippen LogP contribution < -0.4 is 0 Å². The number of hydrogen-bond donors (Lipinski definition) is 0. The third-order valence-corrected chi connectivity index (χ3v) is 5.29. The molecule has 172 valence electrons. The highest BCUT2D eigenvalue weighted by atomic mass is 19.4. The number of ketones is 1. The van der Waals surface area contributed by atoms with E-state index in [9.17, 15) is 31.9 Å². The molecule has 10 heteroatoms. The van der Waals surface area contributed by atoms with Gasteiger partial charge >= 0.3 is 18.1 Å². The van der Waals surface area contributed by atoms with E-state index < -0.39 is 35.7 Å². The summed E-state index contributed by atoms with van der Waals surface area (Å²) in [6, 6.07) is 6.18.